The number of ether oxygens (including phenoxy) is 1. The quantitative estimate of drug-likeness (QED) is 0.315. The molecule has 0 bridgehead atoms. The topological polar surface area (TPSA) is 63.6 Å². The van der Waals surface area contributed by atoms with Crippen molar-refractivity contribution in [1.82, 2.24) is 0 Å². The smallest absolute Gasteiger partial charge is 0.331 e. The Balaban J connectivity index is 3.76. The van der Waals surface area contributed by atoms with Crippen molar-refractivity contribution >= 4 is 23.7 Å². The zero-order valence-electron chi connectivity index (χ0n) is 7.80. The minimum absolute atomic E-state index is 0.0837. The van der Waals surface area contributed by atoms with Crippen LogP contribution in [0.3, 0.4) is 0 Å². The second-order valence-corrected chi connectivity index (χ2v) is 3.59. The molecule has 4 nitrogen and oxygen atoms in total. The van der Waals surface area contributed by atoms with Crippen LogP contribution in [0.2, 0.25) is 0 Å². The summed E-state index contributed by atoms with van der Waals surface area (Å²) < 4.78 is 4.83. The zero-order valence-corrected chi connectivity index (χ0v) is 8.62. The van der Waals surface area contributed by atoms with Gasteiger partial charge < -0.3 is 9.84 Å². The fourth-order valence-corrected chi connectivity index (χ4v) is 1.11. The van der Waals surface area contributed by atoms with E-state index in [9.17, 15) is 9.59 Å². The fraction of sp³-hybridized carbons (Fsp3) is 0.333. The number of esters is 1. The second kappa shape index (κ2) is 7.20. The van der Waals surface area contributed by atoms with Crippen LogP contribution in [0, 0.1) is 0 Å². The highest BCUT2D eigenvalue weighted by atomic mass is 32.2. The maximum atomic E-state index is 10.9. The molecule has 0 aliphatic rings. The Kier molecular flexibility index (Phi) is 6.57. The van der Waals surface area contributed by atoms with Crippen LogP contribution in [-0.2, 0) is 14.3 Å². The third-order valence-electron chi connectivity index (χ3n) is 1.09. The minimum Gasteiger partial charge on any atom is -0.481 e. The number of allylic oxidation sites excluding steroid dienone is 2. The van der Waals surface area contributed by atoms with Crippen LogP contribution in [0.5, 0.6) is 0 Å². The van der Waals surface area contributed by atoms with E-state index < -0.39 is 17.4 Å². The summed E-state index contributed by atoms with van der Waals surface area (Å²) in [4.78, 5) is 21.1. The largest absolute Gasteiger partial charge is 0.481 e. The van der Waals surface area contributed by atoms with Crippen molar-refractivity contribution < 1.29 is 19.4 Å². The van der Waals surface area contributed by atoms with E-state index in [4.69, 9.17) is 9.84 Å². The van der Waals surface area contributed by atoms with E-state index in [0.717, 1.165) is 11.8 Å². The first-order chi connectivity index (χ1) is 6.56. The maximum absolute atomic E-state index is 10.9. The highest BCUT2D eigenvalue weighted by molar-refractivity contribution is 8.00. The number of carboxylic acids is 1. The lowest BCUT2D eigenvalue weighted by Crippen LogP contribution is -2.12. The van der Waals surface area contributed by atoms with Crippen LogP contribution in [0.1, 0.15) is 6.92 Å². The average molecular weight is 216 g/mol. The van der Waals surface area contributed by atoms with Crippen molar-refractivity contribution in [2.75, 3.05) is 5.75 Å². The molecule has 0 heterocycles. The second-order valence-electron chi connectivity index (χ2n) is 2.30. The van der Waals surface area contributed by atoms with Gasteiger partial charge in [-0.2, -0.15) is 0 Å². The van der Waals surface area contributed by atoms with E-state index >= 15 is 0 Å². The van der Waals surface area contributed by atoms with E-state index in [1.54, 1.807) is 6.92 Å². The molecule has 0 saturated carbocycles. The van der Waals surface area contributed by atoms with Crippen molar-refractivity contribution in [3.8, 4) is 0 Å². The Labute approximate surface area is 86.6 Å². The minimum atomic E-state index is -0.931. The van der Waals surface area contributed by atoms with Gasteiger partial charge in [-0.1, -0.05) is 18.7 Å². The molecule has 0 aromatic rings. The summed E-state index contributed by atoms with van der Waals surface area (Å²) in [5.74, 6) is -1.52. The Morgan fingerprint density at radius 1 is 1.64 bits per heavy atom. The van der Waals surface area contributed by atoms with Crippen LogP contribution >= 0.6 is 11.8 Å². The molecule has 0 saturated heterocycles. The number of hydrogen-bond donors (Lipinski definition) is 1. The fourth-order valence-electron chi connectivity index (χ4n) is 0.572. The van der Waals surface area contributed by atoms with Crippen molar-refractivity contribution in [2.24, 2.45) is 0 Å². The van der Waals surface area contributed by atoms with Crippen molar-refractivity contribution in [1.29, 1.82) is 0 Å². The molecule has 1 unspecified atom stereocenters. The molecule has 0 aromatic carbocycles. The number of aliphatic carboxylic acids is 1. The monoisotopic (exact) mass is 216 g/mol. The lowest BCUT2D eigenvalue weighted by atomic mass is 10.5. The molecule has 0 aliphatic heterocycles. The van der Waals surface area contributed by atoms with Gasteiger partial charge in [0.2, 0.25) is 0 Å². The van der Waals surface area contributed by atoms with Crippen molar-refractivity contribution in [3.05, 3.63) is 24.8 Å². The molecule has 1 atom stereocenters. The molecule has 0 aliphatic carbocycles. The van der Waals surface area contributed by atoms with Gasteiger partial charge in [0, 0.05) is 6.08 Å². The normalized spacial score (nSPS) is 12.4. The van der Waals surface area contributed by atoms with Gasteiger partial charge in [0.15, 0.2) is 0 Å². The number of carbonyl (C=O) groups excluding carboxylic acids is 1. The Morgan fingerprint density at radius 3 is 2.79 bits per heavy atom. The summed E-state index contributed by atoms with van der Waals surface area (Å²) in [7, 11) is 0. The van der Waals surface area contributed by atoms with Gasteiger partial charge in [0.25, 0.3) is 0 Å². The number of carbonyl (C=O) groups is 2. The van der Waals surface area contributed by atoms with Crippen LogP contribution in [0.15, 0.2) is 24.8 Å². The number of hydrogen-bond acceptors (Lipinski definition) is 4. The Bertz CT molecular complexity index is 247. The van der Waals surface area contributed by atoms with Gasteiger partial charge in [0.1, 0.15) is 5.44 Å². The summed E-state index contributed by atoms with van der Waals surface area (Å²) in [5.41, 5.74) is -0.465. The summed E-state index contributed by atoms with van der Waals surface area (Å²) in [6.45, 7) is 5.01. The van der Waals surface area contributed by atoms with Gasteiger partial charge in [-0.3, -0.25) is 4.79 Å². The molecule has 78 valence electrons. The number of thioether (sulfide) groups is 1. The highest BCUT2D eigenvalue weighted by Gasteiger charge is 2.08. The van der Waals surface area contributed by atoms with Gasteiger partial charge in [0.05, 0.1) is 5.75 Å². The molecule has 5 heteroatoms. The van der Waals surface area contributed by atoms with Crippen LogP contribution in [-0.4, -0.2) is 28.2 Å². The van der Waals surface area contributed by atoms with Crippen molar-refractivity contribution in [2.45, 2.75) is 12.4 Å². The number of rotatable bonds is 6. The predicted octanol–water partition coefficient (Wildman–Crippen LogP) is 1.44. The molecule has 14 heavy (non-hydrogen) atoms. The van der Waals surface area contributed by atoms with Crippen LogP contribution < -0.4 is 0 Å². The standard InChI is InChI=1S/C9H12O4S/c1-3-4-5-9(12)13-7(2)14-6-8(10)11/h3-5,7H,1,6H2,2H3,(H,10,11). The zero-order chi connectivity index (χ0) is 11.0. The van der Waals surface area contributed by atoms with Gasteiger partial charge in [-0.15, -0.1) is 11.8 Å². The Morgan fingerprint density at radius 2 is 2.29 bits per heavy atom. The summed E-state index contributed by atoms with van der Waals surface area (Å²) in [6.07, 6.45) is 4.14. The summed E-state index contributed by atoms with van der Waals surface area (Å²) in [6, 6.07) is 0. The number of carboxylic acid groups (broad SMARTS) is 1. The van der Waals surface area contributed by atoms with Gasteiger partial charge >= 0.3 is 11.9 Å². The van der Waals surface area contributed by atoms with Gasteiger partial charge in [-0.25, -0.2) is 4.79 Å². The lowest BCUT2D eigenvalue weighted by Gasteiger charge is -2.09. The summed E-state index contributed by atoms with van der Waals surface area (Å²) >= 11 is 1.04. The van der Waals surface area contributed by atoms with Gasteiger partial charge in [-0.05, 0) is 6.92 Å². The highest BCUT2D eigenvalue weighted by Crippen LogP contribution is 2.11. The molecule has 0 rings (SSSR count). The lowest BCUT2D eigenvalue weighted by molar-refractivity contribution is -0.139. The van der Waals surface area contributed by atoms with E-state index in [1.165, 1.54) is 18.2 Å². The van der Waals surface area contributed by atoms with E-state index in [2.05, 4.69) is 6.58 Å². The third-order valence-corrected chi connectivity index (χ3v) is 2.07. The van der Waals surface area contributed by atoms with E-state index in [-0.39, 0.29) is 5.75 Å². The first-order valence-corrected chi connectivity index (χ1v) is 4.94. The van der Waals surface area contributed by atoms with E-state index in [0.29, 0.717) is 0 Å². The van der Waals surface area contributed by atoms with E-state index in [1.807, 2.05) is 0 Å². The first kappa shape index (κ1) is 12.8. The SMILES string of the molecule is C=CC=CC(=O)OC(C)SCC(=O)O. The third kappa shape index (κ3) is 7.42. The molecule has 0 fully saturated rings. The van der Waals surface area contributed by atoms with Crippen molar-refractivity contribution in [3.63, 3.8) is 0 Å². The molecule has 0 radical (unpaired) electrons. The first-order valence-electron chi connectivity index (χ1n) is 3.89. The molecule has 1 N–H and O–H groups in total. The molecular weight excluding hydrogens is 204 g/mol. The summed E-state index contributed by atoms with van der Waals surface area (Å²) in [5, 5.41) is 8.35. The van der Waals surface area contributed by atoms with Crippen LogP contribution in [0.25, 0.3) is 0 Å². The maximum Gasteiger partial charge on any atom is 0.331 e. The average Bonchev–Trinajstić information content (AvgIpc) is 2.11. The van der Waals surface area contributed by atoms with Crippen LogP contribution in [0.4, 0.5) is 0 Å². The Hall–Kier alpha value is -1.23. The molecular formula is C9H12O4S. The molecule has 0 spiro atoms. The molecule has 0 aromatic heterocycles. The predicted molar refractivity (Wildman–Crippen MR) is 55.0 cm³/mol. The molecule has 0 amide bonds.